The first-order chi connectivity index (χ1) is 14.7. The van der Waals surface area contributed by atoms with Gasteiger partial charge in [0.2, 0.25) is 5.78 Å². The van der Waals surface area contributed by atoms with Crippen molar-refractivity contribution in [2.24, 2.45) is 0 Å². The quantitative estimate of drug-likeness (QED) is 0.455. The Balaban J connectivity index is 1.27. The molecule has 7 heteroatoms. The summed E-state index contributed by atoms with van der Waals surface area (Å²) < 4.78 is 1.88. The Morgan fingerprint density at radius 2 is 1.83 bits per heavy atom. The lowest BCUT2D eigenvalue weighted by atomic mass is 10.1. The number of rotatable bonds is 5. The normalized spacial score (nSPS) is 10.9. The first-order valence-corrected chi connectivity index (χ1v) is 10.3. The van der Waals surface area contributed by atoms with E-state index >= 15 is 0 Å². The molecule has 30 heavy (non-hydrogen) atoms. The topological polar surface area (TPSA) is 72.2 Å². The molecule has 5 rings (SSSR count). The third kappa shape index (κ3) is 3.83. The van der Waals surface area contributed by atoms with Crippen LogP contribution in [0, 0.1) is 0 Å². The number of fused-ring (bicyclic) bond motifs is 1. The maximum atomic E-state index is 12.6. The van der Waals surface area contributed by atoms with Crippen molar-refractivity contribution in [1.29, 1.82) is 0 Å². The van der Waals surface area contributed by atoms with Crippen LogP contribution in [0.2, 0.25) is 0 Å². The third-order valence-corrected chi connectivity index (χ3v) is 5.51. The van der Waals surface area contributed by atoms with Gasteiger partial charge in [-0.05, 0) is 23.8 Å². The highest BCUT2D eigenvalue weighted by atomic mass is 32.1. The fourth-order valence-corrected chi connectivity index (χ4v) is 3.96. The first kappa shape index (κ1) is 18.2. The second-order valence-electron chi connectivity index (χ2n) is 6.77. The first-order valence-electron chi connectivity index (χ1n) is 9.44. The maximum absolute atomic E-state index is 12.6. The number of hydrogen-bond donors (Lipinski definition) is 1. The highest BCUT2D eigenvalue weighted by molar-refractivity contribution is 7.09. The molecule has 5 aromatic rings. The largest absolute Gasteiger partial charge is 0.321 e. The number of benzene rings is 2. The predicted octanol–water partition coefficient (Wildman–Crippen LogP) is 4.70. The van der Waals surface area contributed by atoms with E-state index in [1.54, 1.807) is 11.6 Å². The Bertz CT molecular complexity index is 1280. The Morgan fingerprint density at radius 1 is 1.00 bits per heavy atom. The Kier molecular flexibility index (Phi) is 4.78. The van der Waals surface area contributed by atoms with Crippen LogP contribution in [0.25, 0.3) is 17.0 Å². The van der Waals surface area contributed by atoms with E-state index in [0.717, 1.165) is 22.7 Å². The molecule has 1 N–H and O–H groups in total. The summed E-state index contributed by atoms with van der Waals surface area (Å²) >= 11 is 1.50. The molecule has 3 heterocycles. The minimum Gasteiger partial charge on any atom is -0.321 e. The van der Waals surface area contributed by atoms with E-state index in [1.165, 1.54) is 16.9 Å². The monoisotopic (exact) mass is 411 g/mol. The second-order valence-corrected chi connectivity index (χ2v) is 7.72. The lowest BCUT2D eigenvalue weighted by Gasteiger charge is -2.04. The van der Waals surface area contributed by atoms with Crippen LogP contribution < -0.4 is 5.32 Å². The Labute approximate surface area is 176 Å². The molecule has 0 saturated carbocycles. The Hall–Kier alpha value is -3.84. The van der Waals surface area contributed by atoms with Gasteiger partial charge in [-0.2, -0.15) is 0 Å². The van der Waals surface area contributed by atoms with Crippen molar-refractivity contribution in [2.45, 2.75) is 6.42 Å². The molecule has 1 amide bonds. The third-order valence-electron chi connectivity index (χ3n) is 4.66. The lowest BCUT2D eigenvalue weighted by Crippen LogP contribution is -2.12. The number of thiazole rings is 1. The van der Waals surface area contributed by atoms with Gasteiger partial charge in [-0.3, -0.25) is 9.20 Å². The fourth-order valence-electron chi connectivity index (χ4n) is 3.16. The molecule has 0 saturated heterocycles. The summed E-state index contributed by atoms with van der Waals surface area (Å²) in [7, 11) is 0. The van der Waals surface area contributed by atoms with Crippen LogP contribution in [0.3, 0.4) is 0 Å². The Morgan fingerprint density at radius 3 is 2.63 bits per heavy atom. The summed E-state index contributed by atoms with van der Waals surface area (Å²) in [5.41, 5.74) is 4.11. The van der Waals surface area contributed by atoms with Gasteiger partial charge in [0.05, 0.1) is 10.7 Å². The van der Waals surface area contributed by atoms with Crippen molar-refractivity contribution in [3.63, 3.8) is 0 Å². The molecule has 146 valence electrons. The van der Waals surface area contributed by atoms with Crippen LogP contribution in [-0.4, -0.2) is 25.3 Å². The number of nitrogens with one attached hydrogen (secondary N) is 1. The molecule has 0 bridgehead atoms. The van der Waals surface area contributed by atoms with Crippen LogP contribution >= 0.6 is 11.3 Å². The molecule has 6 nitrogen and oxygen atoms in total. The van der Waals surface area contributed by atoms with E-state index in [-0.39, 0.29) is 5.91 Å². The summed E-state index contributed by atoms with van der Waals surface area (Å²) in [6.07, 6.45) is 6.28. The van der Waals surface area contributed by atoms with E-state index in [1.807, 2.05) is 65.3 Å². The van der Waals surface area contributed by atoms with E-state index in [9.17, 15) is 4.79 Å². The molecule has 0 aliphatic rings. The zero-order valence-corrected chi connectivity index (χ0v) is 16.7. The van der Waals surface area contributed by atoms with E-state index in [2.05, 4.69) is 32.4 Å². The summed E-state index contributed by atoms with van der Waals surface area (Å²) in [6.45, 7) is 0. The standard InChI is InChI=1S/C23H17N5OS/c29-22(20-15-30-21(26-20)13-16-5-2-1-3-6-16)25-18-9-7-17(8-10-18)19-14-28-12-4-11-24-23(28)27-19/h1-12,14-15H,13H2,(H,25,29). The van der Waals surface area contributed by atoms with Gasteiger partial charge in [-0.1, -0.05) is 42.5 Å². The van der Waals surface area contributed by atoms with Crippen molar-refractivity contribution in [1.82, 2.24) is 19.4 Å². The van der Waals surface area contributed by atoms with Crippen LogP contribution in [0.5, 0.6) is 0 Å². The van der Waals surface area contributed by atoms with Crippen molar-refractivity contribution in [3.05, 3.63) is 101 Å². The summed E-state index contributed by atoms with van der Waals surface area (Å²) in [4.78, 5) is 25.8. The molecule has 2 aromatic carbocycles. The smallest absolute Gasteiger partial charge is 0.275 e. The SMILES string of the molecule is O=C(Nc1ccc(-c2cn3cccnc3n2)cc1)c1csc(Cc2ccccc2)n1. The van der Waals surface area contributed by atoms with Gasteiger partial charge in [0, 0.05) is 41.6 Å². The summed E-state index contributed by atoms with van der Waals surface area (Å²) in [5.74, 6) is 0.440. The van der Waals surface area contributed by atoms with Gasteiger partial charge in [0.25, 0.3) is 5.91 Å². The number of hydrogen-bond acceptors (Lipinski definition) is 5. The minimum atomic E-state index is -0.213. The van der Waals surface area contributed by atoms with Crippen LogP contribution in [0.4, 0.5) is 5.69 Å². The van der Waals surface area contributed by atoms with E-state index in [4.69, 9.17) is 0 Å². The highest BCUT2D eigenvalue weighted by Gasteiger charge is 2.12. The number of nitrogens with zero attached hydrogens (tertiary/aromatic N) is 4. The number of aromatic nitrogens is 4. The summed E-state index contributed by atoms with van der Waals surface area (Å²) in [6, 6.07) is 19.6. The molecule has 0 aliphatic heterocycles. The average Bonchev–Trinajstić information content (AvgIpc) is 3.42. The van der Waals surface area contributed by atoms with Crippen molar-refractivity contribution in [3.8, 4) is 11.3 Å². The van der Waals surface area contributed by atoms with Gasteiger partial charge >= 0.3 is 0 Å². The van der Waals surface area contributed by atoms with Crippen molar-refractivity contribution in [2.75, 3.05) is 5.32 Å². The molecule has 3 aromatic heterocycles. The molecule has 0 aliphatic carbocycles. The maximum Gasteiger partial charge on any atom is 0.275 e. The summed E-state index contributed by atoms with van der Waals surface area (Å²) in [5, 5.41) is 5.62. The molecule has 0 radical (unpaired) electrons. The number of carbonyl (C=O) groups is 1. The van der Waals surface area contributed by atoms with Crippen LogP contribution in [0.1, 0.15) is 21.1 Å². The van der Waals surface area contributed by atoms with Crippen molar-refractivity contribution >= 4 is 28.7 Å². The van der Waals surface area contributed by atoms with Crippen LogP contribution in [-0.2, 0) is 6.42 Å². The highest BCUT2D eigenvalue weighted by Crippen LogP contribution is 2.22. The molecule has 0 atom stereocenters. The van der Waals surface area contributed by atoms with Gasteiger partial charge in [0.15, 0.2) is 0 Å². The molecular formula is C23H17N5OS. The van der Waals surface area contributed by atoms with Gasteiger partial charge < -0.3 is 5.32 Å². The number of anilines is 1. The van der Waals surface area contributed by atoms with Gasteiger partial charge in [0.1, 0.15) is 5.69 Å². The average molecular weight is 411 g/mol. The molecule has 0 spiro atoms. The lowest BCUT2D eigenvalue weighted by molar-refractivity contribution is 0.102. The molecule has 0 fully saturated rings. The number of amides is 1. The van der Waals surface area contributed by atoms with Gasteiger partial charge in [-0.25, -0.2) is 15.0 Å². The number of carbonyl (C=O) groups excluding carboxylic acids is 1. The second kappa shape index (κ2) is 7.88. The minimum absolute atomic E-state index is 0.213. The van der Waals surface area contributed by atoms with E-state index < -0.39 is 0 Å². The van der Waals surface area contributed by atoms with Gasteiger partial charge in [-0.15, -0.1) is 11.3 Å². The van der Waals surface area contributed by atoms with Crippen molar-refractivity contribution < 1.29 is 4.79 Å². The zero-order chi connectivity index (χ0) is 20.3. The predicted molar refractivity (Wildman–Crippen MR) is 118 cm³/mol. The zero-order valence-electron chi connectivity index (χ0n) is 15.9. The van der Waals surface area contributed by atoms with Crippen LogP contribution in [0.15, 0.2) is 84.6 Å². The van der Waals surface area contributed by atoms with E-state index in [0.29, 0.717) is 17.2 Å². The molecule has 0 unspecified atom stereocenters. The molecular weight excluding hydrogens is 394 g/mol. The fraction of sp³-hybridized carbons (Fsp3) is 0.0435. The number of imidazole rings is 1.